The number of aryl methyl sites for hydroxylation is 1. The molecule has 2 aromatic rings. The standard InChI is InChI=1S/C17H19N3O4/c1-5-11-6-7-13(18-10(2)21)12(8-11)16(22)17-19-14(23-3)9-15(20-17)24-4/h6-9H,5H2,1-4H3,(H,18,21). The molecule has 0 fully saturated rings. The summed E-state index contributed by atoms with van der Waals surface area (Å²) in [5.74, 6) is -0.314. The van der Waals surface area contributed by atoms with Gasteiger partial charge in [-0.25, -0.2) is 0 Å². The fourth-order valence-corrected chi connectivity index (χ4v) is 2.13. The average Bonchev–Trinajstić information content (AvgIpc) is 2.60. The number of rotatable bonds is 6. The molecule has 0 spiro atoms. The molecule has 7 heteroatoms. The first-order valence-electron chi connectivity index (χ1n) is 7.40. The predicted molar refractivity (Wildman–Crippen MR) is 88.7 cm³/mol. The zero-order chi connectivity index (χ0) is 17.7. The van der Waals surface area contributed by atoms with Crippen LogP contribution in [0.3, 0.4) is 0 Å². The average molecular weight is 329 g/mol. The summed E-state index contributed by atoms with van der Waals surface area (Å²) < 4.78 is 10.1. The van der Waals surface area contributed by atoms with Gasteiger partial charge in [-0.1, -0.05) is 13.0 Å². The Hall–Kier alpha value is -2.96. The highest BCUT2D eigenvalue weighted by Gasteiger charge is 2.20. The minimum absolute atomic E-state index is 0.0638. The van der Waals surface area contributed by atoms with Gasteiger partial charge in [0.2, 0.25) is 29.3 Å². The quantitative estimate of drug-likeness (QED) is 0.818. The van der Waals surface area contributed by atoms with Crippen molar-refractivity contribution in [1.82, 2.24) is 9.97 Å². The third kappa shape index (κ3) is 3.87. The second-order valence-corrected chi connectivity index (χ2v) is 5.02. The third-order valence-corrected chi connectivity index (χ3v) is 3.35. The minimum atomic E-state index is -0.425. The van der Waals surface area contributed by atoms with Gasteiger partial charge in [0.05, 0.1) is 26.0 Å². The molecule has 126 valence electrons. The number of benzene rings is 1. The Morgan fingerprint density at radius 2 is 1.71 bits per heavy atom. The second-order valence-electron chi connectivity index (χ2n) is 5.02. The highest BCUT2D eigenvalue weighted by atomic mass is 16.5. The topological polar surface area (TPSA) is 90.4 Å². The first-order chi connectivity index (χ1) is 11.5. The van der Waals surface area contributed by atoms with Crippen molar-refractivity contribution in [3.8, 4) is 11.8 Å². The van der Waals surface area contributed by atoms with Crippen LogP contribution < -0.4 is 14.8 Å². The van der Waals surface area contributed by atoms with Crippen LogP contribution in [0, 0.1) is 0 Å². The second kappa shape index (κ2) is 7.54. The minimum Gasteiger partial charge on any atom is -0.481 e. The Kier molecular flexibility index (Phi) is 5.47. The van der Waals surface area contributed by atoms with Crippen molar-refractivity contribution in [2.75, 3.05) is 19.5 Å². The van der Waals surface area contributed by atoms with E-state index < -0.39 is 5.78 Å². The van der Waals surface area contributed by atoms with Crippen LogP contribution in [-0.2, 0) is 11.2 Å². The molecule has 1 aromatic heterocycles. The molecule has 1 aromatic carbocycles. The van der Waals surface area contributed by atoms with Crippen molar-refractivity contribution >= 4 is 17.4 Å². The van der Waals surface area contributed by atoms with E-state index in [1.165, 1.54) is 27.2 Å². The molecule has 0 aliphatic heterocycles. The maximum absolute atomic E-state index is 12.9. The van der Waals surface area contributed by atoms with Crippen molar-refractivity contribution < 1.29 is 19.1 Å². The van der Waals surface area contributed by atoms with Gasteiger partial charge in [-0.3, -0.25) is 9.59 Å². The van der Waals surface area contributed by atoms with E-state index >= 15 is 0 Å². The van der Waals surface area contributed by atoms with E-state index in [1.54, 1.807) is 12.1 Å². The van der Waals surface area contributed by atoms with Gasteiger partial charge in [0.15, 0.2) is 0 Å². The number of ether oxygens (including phenoxy) is 2. The number of hydrogen-bond donors (Lipinski definition) is 1. The van der Waals surface area contributed by atoms with Crippen LogP contribution in [0.25, 0.3) is 0 Å². The Labute approximate surface area is 140 Å². The first-order valence-corrected chi connectivity index (χ1v) is 7.40. The zero-order valence-electron chi connectivity index (χ0n) is 14.0. The summed E-state index contributed by atoms with van der Waals surface area (Å²) in [7, 11) is 2.88. The molecule has 1 N–H and O–H groups in total. The lowest BCUT2D eigenvalue weighted by molar-refractivity contribution is -0.114. The van der Waals surface area contributed by atoms with E-state index in [-0.39, 0.29) is 23.5 Å². The molecule has 0 bridgehead atoms. The highest BCUT2D eigenvalue weighted by molar-refractivity contribution is 6.12. The summed E-state index contributed by atoms with van der Waals surface area (Å²) in [5, 5.41) is 2.65. The number of nitrogens with zero attached hydrogens (tertiary/aromatic N) is 2. The number of carbonyl (C=O) groups excluding carboxylic acids is 2. The molecular weight excluding hydrogens is 310 g/mol. The summed E-state index contributed by atoms with van der Waals surface area (Å²) in [5.41, 5.74) is 1.69. The fraction of sp³-hybridized carbons (Fsp3) is 0.294. The largest absolute Gasteiger partial charge is 0.481 e. The van der Waals surface area contributed by atoms with Gasteiger partial charge in [-0.05, 0) is 24.1 Å². The van der Waals surface area contributed by atoms with Gasteiger partial charge in [0.1, 0.15) is 0 Å². The van der Waals surface area contributed by atoms with Gasteiger partial charge in [-0.15, -0.1) is 0 Å². The molecule has 0 saturated heterocycles. The number of amides is 1. The number of nitrogens with one attached hydrogen (secondary N) is 1. The van der Waals surface area contributed by atoms with Crippen LogP contribution in [0.15, 0.2) is 24.3 Å². The number of carbonyl (C=O) groups is 2. The zero-order valence-corrected chi connectivity index (χ0v) is 14.0. The molecular formula is C17H19N3O4. The van der Waals surface area contributed by atoms with Gasteiger partial charge >= 0.3 is 0 Å². The molecule has 0 aliphatic rings. The molecule has 0 saturated carbocycles. The Morgan fingerprint density at radius 3 is 2.21 bits per heavy atom. The van der Waals surface area contributed by atoms with E-state index in [0.29, 0.717) is 11.3 Å². The lowest BCUT2D eigenvalue weighted by atomic mass is 10.0. The summed E-state index contributed by atoms with van der Waals surface area (Å²) in [6, 6.07) is 6.76. The van der Waals surface area contributed by atoms with E-state index in [2.05, 4.69) is 15.3 Å². The van der Waals surface area contributed by atoms with E-state index in [1.807, 2.05) is 13.0 Å². The normalized spacial score (nSPS) is 10.2. The van der Waals surface area contributed by atoms with Crippen LogP contribution in [0.4, 0.5) is 5.69 Å². The Morgan fingerprint density at radius 1 is 1.08 bits per heavy atom. The number of anilines is 1. The molecule has 7 nitrogen and oxygen atoms in total. The third-order valence-electron chi connectivity index (χ3n) is 3.35. The fourth-order valence-electron chi connectivity index (χ4n) is 2.13. The van der Waals surface area contributed by atoms with Gasteiger partial charge in [-0.2, -0.15) is 9.97 Å². The summed E-state index contributed by atoms with van der Waals surface area (Å²) in [6.45, 7) is 3.36. The lowest BCUT2D eigenvalue weighted by Crippen LogP contribution is -2.14. The number of ketones is 1. The van der Waals surface area contributed by atoms with Crippen LogP contribution in [0.5, 0.6) is 11.8 Å². The Balaban J connectivity index is 2.53. The van der Waals surface area contributed by atoms with Crippen LogP contribution in [-0.4, -0.2) is 35.9 Å². The maximum atomic E-state index is 12.9. The molecule has 0 atom stereocenters. The summed E-state index contributed by atoms with van der Waals surface area (Å²) >= 11 is 0. The van der Waals surface area contributed by atoms with Crippen LogP contribution in [0.1, 0.15) is 35.6 Å². The van der Waals surface area contributed by atoms with Crippen molar-refractivity contribution in [3.63, 3.8) is 0 Å². The van der Waals surface area contributed by atoms with E-state index in [4.69, 9.17) is 9.47 Å². The van der Waals surface area contributed by atoms with Crippen LogP contribution >= 0.6 is 0 Å². The Bertz CT molecular complexity index is 752. The van der Waals surface area contributed by atoms with Crippen LogP contribution in [0.2, 0.25) is 0 Å². The molecule has 1 heterocycles. The maximum Gasteiger partial charge on any atom is 0.232 e. The number of methoxy groups -OCH3 is 2. The van der Waals surface area contributed by atoms with E-state index in [0.717, 1.165) is 12.0 Å². The molecule has 0 unspecified atom stereocenters. The van der Waals surface area contributed by atoms with Crippen molar-refractivity contribution in [2.24, 2.45) is 0 Å². The number of aromatic nitrogens is 2. The van der Waals surface area contributed by atoms with Crippen molar-refractivity contribution in [3.05, 3.63) is 41.2 Å². The molecule has 1 amide bonds. The molecule has 2 rings (SSSR count). The molecule has 24 heavy (non-hydrogen) atoms. The van der Waals surface area contributed by atoms with Crippen molar-refractivity contribution in [1.29, 1.82) is 0 Å². The first kappa shape index (κ1) is 17.4. The summed E-state index contributed by atoms with van der Waals surface area (Å²) in [4.78, 5) is 32.4. The lowest BCUT2D eigenvalue weighted by Gasteiger charge is -2.11. The number of hydrogen-bond acceptors (Lipinski definition) is 6. The predicted octanol–water partition coefficient (Wildman–Crippen LogP) is 2.25. The van der Waals surface area contributed by atoms with Crippen molar-refractivity contribution in [2.45, 2.75) is 20.3 Å². The summed E-state index contributed by atoms with van der Waals surface area (Å²) in [6.07, 6.45) is 0.753. The van der Waals surface area contributed by atoms with Gasteiger partial charge in [0, 0.05) is 12.5 Å². The smallest absolute Gasteiger partial charge is 0.232 e. The SMILES string of the molecule is CCc1ccc(NC(C)=O)c(C(=O)c2nc(OC)cc(OC)n2)c1. The van der Waals surface area contributed by atoms with Gasteiger partial charge < -0.3 is 14.8 Å². The molecule has 0 radical (unpaired) electrons. The van der Waals surface area contributed by atoms with Gasteiger partial charge in [0.25, 0.3) is 0 Å². The van der Waals surface area contributed by atoms with E-state index in [9.17, 15) is 9.59 Å². The monoisotopic (exact) mass is 329 g/mol. The molecule has 0 aliphatic carbocycles. The highest BCUT2D eigenvalue weighted by Crippen LogP contribution is 2.23.